The van der Waals surface area contributed by atoms with Crippen LogP contribution in [0.25, 0.3) is 0 Å². The predicted molar refractivity (Wildman–Crippen MR) is 62.8 cm³/mol. The van der Waals surface area contributed by atoms with E-state index in [1.807, 2.05) is 12.1 Å². The van der Waals surface area contributed by atoms with Gasteiger partial charge >= 0.3 is 0 Å². The summed E-state index contributed by atoms with van der Waals surface area (Å²) in [5.41, 5.74) is 1.68. The summed E-state index contributed by atoms with van der Waals surface area (Å²) in [6.45, 7) is 0. The summed E-state index contributed by atoms with van der Waals surface area (Å²) in [5, 5.41) is 0. The first-order chi connectivity index (χ1) is 7.45. The minimum absolute atomic E-state index is 0.127. The normalized spacial score (nSPS) is 18.4. The lowest BCUT2D eigenvalue weighted by atomic mass is 10.1. The van der Waals surface area contributed by atoms with Gasteiger partial charge in [0.15, 0.2) is 0 Å². The molecule has 3 nitrogen and oxygen atoms in total. The van der Waals surface area contributed by atoms with Crippen molar-refractivity contribution in [3.8, 4) is 0 Å². The molecule has 1 fully saturated rings. The van der Waals surface area contributed by atoms with Gasteiger partial charge in [-0.2, -0.15) is 0 Å². The smallest absolute Gasteiger partial charge is 0.236 e. The van der Waals surface area contributed by atoms with E-state index in [9.17, 15) is 8.42 Å². The third-order valence-corrected chi connectivity index (χ3v) is 3.92. The summed E-state index contributed by atoms with van der Waals surface area (Å²) in [6, 6.07) is 7.39. The van der Waals surface area contributed by atoms with Gasteiger partial charge in [0.1, 0.15) is 0 Å². The lowest BCUT2D eigenvalue weighted by molar-refractivity contribution is 0.0789. The Bertz CT molecular complexity index is 474. The van der Waals surface area contributed by atoms with Gasteiger partial charge in [-0.25, -0.2) is 8.42 Å². The van der Waals surface area contributed by atoms with Gasteiger partial charge in [-0.3, -0.25) is 0 Å². The van der Waals surface area contributed by atoms with E-state index in [4.69, 9.17) is 15.4 Å². The lowest BCUT2D eigenvalue weighted by Crippen LogP contribution is -2.08. The highest BCUT2D eigenvalue weighted by Crippen LogP contribution is 2.48. The molecule has 0 amide bonds. The largest absolute Gasteiger partial charge is 0.374 e. The molecule has 1 aromatic carbocycles. The van der Waals surface area contributed by atoms with Crippen LogP contribution >= 0.6 is 10.7 Å². The second kappa shape index (κ2) is 4.02. The van der Waals surface area contributed by atoms with Gasteiger partial charge in [0.05, 0.1) is 11.4 Å². The number of ether oxygens (including phenoxy) is 1. The Morgan fingerprint density at radius 3 is 2.25 bits per heavy atom. The molecule has 0 unspecified atom stereocenters. The van der Waals surface area contributed by atoms with Crippen LogP contribution in [-0.4, -0.2) is 15.5 Å². The summed E-state index contributed by atoms with van der Waals surface area (Å²) in [6.07, 6.45) is 2.05. The van der Waals surface area contributed by atoms with Crippen molar-refractivity contribution in [2.45, 2.75) is 24.2 Å². The fourth-order valence-electron chi connectivity index (χ4n) is 1.83. The molecule has 88 valence electrons. The Balaban J connectivity index is 2.17. The molecule has 2 rings (SSSR count). The van der Waals surface area contributed by atoms with Crippen molar-refractivity contribution in [1.82, 2.24) is 0 Å². The molecule has 0 saturated heterocycles. The van der Waals surface area contributed by atoms with Crippen LogP contribution in [0.5, 0.6) is 0 Å². The topological polar surface area (TPSA) is 43.4 Å². The van der Waals surface area contributed by atoms with Crippen LogP contribution in [0.3, 0.4) is 0 Å². The number of methoxy groups -OCH3 is 1. The van der Waals surface area contributed by atoms with E-state index in [0.717, 1.165) is 18.4 Å². The van der Waals surface area contributed by atoms with Crippen molar-refractivity contribution in [2.24, 2.45) is 0 Å². The highest BCUT2D eigenvalue weighted by atomic mass is 35.7. The van der Waals surface area contributed by atoms with E-state index in [1.54, 1.807) is 19.2 Å². The highest BCUT2D eigenvalue weighted by Gasteiger charge is 2.44. The maximum Gasteiger partial charge on any atom is 0.236 e. The van der Waals surface area contributed by atoms with Crippen molar-refractivity contribution < 1.29 is 13.2 Å². The van der Waals surface area contributed by atoms with Crippen LogP contribution < -0.4 is 0 Å². The Labute approximate surface area is 99.8 Å². The Morgan fingerprint density at radius 2 is 1.88 bits per heavy atom. The van der Waals surface area contributed by atoms with Gasteiger partial charge in [-0.15, -0.1) is 0 Å². The lowest BCUT2D eigenvalue weighted by Gasteiger charge is -2.13. The summed E-state index contributed by atoms with van der Waals surface area (Å²) in [5.74, 6) is -0.130. The van der Waals surface area contributed by atoms with Crippen molar-refractivity contribution in [1.29, 1.82) is 0 Å². The average molecular weight is 261 g/mol. The molecule has 0 spiro atoms. The van der Waals surface area contributed by atoms with E-state index in [-0.39, 0.29) is 11.4 Å². The van der Waals surface area contributed by atoms with Crippen molar-refractivity contribution in [3.63, 3.8) is 0 Å². The van der Waals surface area contributed by atoms with E-state index in [2.05, 4.69) is 0 Å². The fraction of sp³-hybridized carbons (Fsp3) is 0.455. The van der Waals surface area contributed by atoms with E-state index < -0.39 is 9.05 Å². The highest BCUT2D eigenvalue weighted by molar-refractivity contribution is 8.13. The molecule has 0 heterocycles. The molecular formula is C11H13ClO3S. The Kier molecular flexibility index (Phi) is 2.99. The van der Waals surface area contributed by atoms with E-state index in [0.29, 0.717) is 5.56 Å². The second-order valence-corrected chi connectivity index (χ2v) is 6.86. The summed E-state index contributed by atoms with van der Waals surface area (Å²) < 4.78 is 27.2. The standard InChI is InChI=1S/C11H13ClO3S/c1-15-11(6-7-11)10-4-2-9(3-5-10)8-16(12,13)14/h2-5H,6-8H2,1H3. The SMILES string of the molecule is COC1(c2ccc(CS(=O)(=O)Cl)cc2)CC1. The minimum atomic E-state index is -3.47. The van der Waals surface area contributed by atoms with Crippen molar-refractivity contribution in [3.05, 3.63) is 35.4 Å². The first-order valence-electron chi connectivity index (χ1n) is 5.02. The van der Waals surface area contributed by atoms with Gasteiger partial charge in [-0.05, 0) is 24.0 Å². The first kappa shape index (κ1) is 11.9. The number of benzene rings is 1. The molecule has 0 N–H and O–H groups in total. The van der Waals surface area contributed by atoms with Crippen molar-refractivity contribution in [2.75, 3.05) is 7.11 Å². The minimum Gasteiger partial charge on any atom is -0.374 e. The molecule has 1 aliphatic carbocycles. The quantitative estimate of drug-likeness (QED) is 0.781. The Morgan fingerprint density at radius 1 is 1.31 bits per heavy atom. The molecule has 5 heteroatoms. The van der Waals surface area contributed by atoms with Gasteiger partial charge in [-0.1, -0.05) is 24.3 Å². The predicted octanol–water partition coefficient (Wildman–Crippen LogP) is 2.39. The van der Waals surface area contributed by atoms with Crippen LogP contribution in [0.1, 0.15) is 24.0 Å². The van der Waals surface area contributed by atoms with Crippen LogP contribution in [0.4, 0.5) is 0 Å². The monoisotopic (exact) mass is 260 g/mol. The Hall–Kier alpha value is -0.580. The zero-order chi connectivity index (χ0) is 11.8. The summed E-state index contributed by atoms with van der Waals surface area (Å²) in [4.78, 5) is 0. The van der Waals surface area contributed by atoms with Crippen LogP contribution in [0.15, 0.2) is 24.3 Å². The maximum absolute atomic E-state index is 10.9. The molecule has 1 saturated carbocycles. The zero-order valence-corrected chi connectivity index (χ0v) is 10.5. The molecule has 0 aliphatic heterocycles. The summed E-state index contributed by atoms with van der Waals surface area (Å²) >= 11 is 0. The molecule has 0 aromatic heterocycles. The number of halogens is 1. The molecule has 1 aromatic rings. The first-order valence-corrected chi connectivity index (χ1v) is 7.50. The van der Waals surface area contributed by atoms with Gasteiger partial charge < -0.3 is 4.74 Å². The number of hydrogen-bond acceptors (Lipinski definition) is 3. The van der Waals surface area contributed by atoms with Crippen LogP contribution in [-0.2, 0) is 25.1 Å². The molecule has 0 bridgehead atoms. The third kappa shape index (κ3) is 2.56. The summed E-state index contributed by atoms with van der Waals surface area (Å²) in [7, 11) is 3.41. The zero-order valence-electron chi connectivity index (χ0n) is 8.94. The molecular weight excluding hydrogens is 248 g/mol. The van der Waals surface area contributed by atoms with Crippen LogP contribution in [0, 0.1) is 0 Å². The van der Waals surface area contributed by atoms with Gasteiger partial charge in [0, 0.05) is 17.8 Å². The molecule has 1 aliphatic rings. The molecule has 0 radical (unpaired) electrons. The van der Waals surface area contributed by atoms with Gasteiger partial charge in [0.25, 0.3) is 0 Å². The van der Waals surface area contributed by atoms with Crippen molar-refractivity contribution >= 4 is 19.7 Å². The molecule has 16 heavy (non-hydrogen) atoms. The number of hydrogen-bond donors (Lipinski definition) is 0. The molecule has 0 atom stereocenters. The van der Waals surface area contributed by atoms with Gasteiger partial charge in [0.2, 0.25) is 9.05 Å². The van der Waals surface area contributed by atoms with Crippen LogP contribution in [0.2, 0.25) is 0 Å². The van der Waals surface area contributed by atoms with E-state index >= 15 is 0 Å². The second-order valence-electron chi connectivity index (χ2n) is 4.08. The third-order valence-electron chi connectivity index (χ3n) is 2.91. The number of rotatable bonds is 4. The van der Waals surface area contributed by atoms with E-state index in [1.165, 1.54) is 0 Å². The maximum atomic E-state index is 10.9. The fourth-order valence-corrected chi connectivity index (χ4v) is 2.80. The average Bonchev–Trinajstić information content (AvgIpc) is 2.97.